The Morgan fingerprint density at radius 3 is 2.45 bits per heavy atom. The van der Waals surface area contributed by atoms with Crippen molar-refractivity contribution in [3.63, 3.8) is 0 Å². The predicted octanol–water partition coefficient (Wildman–Crippen LogP) is 4.89. The Labute approximate surface area is 172 Å². The fourth-order valence-electron chi connectivity index (χ4n) is 3.41. The average Bonchev–Trinajstić information content (AvgIpc) is 2.93. The Kier molecular flexibility index (Phi) is 6.62. The van der Waals surface area contributed by atoms with E-state index < -0.39 is 0 Å². The summed E-state index contributed by atoms with van der Waals surface area (Å²) >= 11 is 0. The Morgan fingerprint density at radius 2 is 1.79 bits per heavy atom. The van der Waals surface area contributed by atoms with Crippen molar-refractivity contribution >= 4 is 5.82 Å². The molecule has 2 heterocycles. The van der Waals surface area contributed by atoms with Gasteiger partial charge in [0, 0.05) is 30.8 Å². The molecule has 154 valence electrons. The molecule has 0 saturated heterocycles. The van der Waals surface area contributed by atoms with Crippen molar-refractivity contribution < 1.29 is 4.39 Å². The molecule has 1 atom stereocenters. The van der Waals surface area contributed by atoms with Crippen molar-refractivity contribution in [2.24, 2.45) is 0 Å². The molecule has 29 heavy (non-hydrogen) atoms. The minimum Gasteiger partial charge on any atom is -0.370 e. The number of nitrogens with one attached hydrogen (secondary N) is 1. The molecule has 1 unspecified atom stereocenters. The highest BCUT2D eigenvalue weighted by atomic mass is 19.1. The molecule has 3 aromatic rings. The molecule has 0 aliphatic carbocycles. The third-order valence-corrected chi connectivity index (χ3v) is 5.41. The van der Waals surface area contributed by atoms with E-state index in [0.29, 0.717) is 0 Å². The van der Waals surface area contributed by atoms with Crippen LogP contribution in [0.25, 0.3) is 0 Å². The van der Waals surface area contributed by atoms with E-state index in [4.69, 9.17) is 0 Å². The van der Waals surface area contributed by atoms with Gasteiger partial charge in [0.25, 0.3) is 0 Å². The van der Waals surface area contributed by atoms with Gasteiger partial charge < -0.3 is 5.32 Å². The summed E-state index contributed by atoms with van der Waals surface area (Å²) in [5.41, 5.74) is 5.70. The zero-order chi connectivity index (χ0) is 21.0. The Balaban J connectivity index is 1.59. The van der Waals surface area contributed by atoms with E-state index >= 15 is 0 Å². The fourth-order valence-corrected chi connectivity index (χ4v) is 3.41. The van der Waals surface area contributed by atoms with Gasteiger partial charge in [0.15, 0.2) is 0 Å². The first kappa shape index (κ1) is 21.0. The number of anilines is 1. The van der Waals surface area contributed by atoms with Crippen molar-refractivity contribution in [2.45, 2.75) is 59.9 Å². The Bertz CT molecular complexity index is 962. The summed E-state index contributed by atoms with van der Waals surface area (Å²) in [6.45, 7) is 12.0. The van der Waals surface area contributed by atoms with Crippen molar-refractivity contribution in [3.05, 3.63) is 70.2 Å². The normalized spacial score (nSPS) is 12.2. The maximum Gasteiger partial charge on any atom is 0.129 e. The molecule has 0 aliphatic heterocycles. The molecule has 3 rings (SSSR count). The summed E-state index contributed by atoms with van der Waals surface area (Å²) in [7, 11) is 0. The molecule has 0 radical (unpaired) electrons. The van der Waals surface area contributed by atoms with Gasteiger partial charge in [-0.25, -0.2) is 14.4 Å². The molecular formula is C23H30FN5. The number of hydrogen-bond acceptors (Lipinski definition) is 4. The lowest BCUT2D eigenvalue weighted by molar-refractivity contribution is 0.519. The predicted molar refractivity (Wildman–Crippen MR) is 115 cm³/mol. The third-order valence-electron chi connectivity index (χ3n) is 5.41. The topological polar surface area (TPSA) is 55.6 Å². The molecule has 0 fully saturated rings. The highest BCUT2D eigenvalue weighted by Crippen LogP contribution is 2.21. The molecule has 5 nitrogen and oxygen atoms in total. The zero-order valence-electron chi connectivity index (χ0n) is 18.0. The quantitative estimate of drug-likeness (QED) is 0.552. The largest absolute Gasteiger partial charge is 0.370 e. The molecule has 0 spiro atoms. The van der Waals surface area contributed by atoms with Gasteiger partial charge in [-0.15, -0.1) is 0 Å². The summed E-state index contributed by atoms with van der Waals surface area (Å²) < 4.78 is 15.1. The highest BCUT2D eigenvalue weighted by Gasteiger charge is 2.14. The van der Waals surface area contributed by atoms with Crippen LogP contribution in [0, 0.1) is 33.5 Å². The van der Waals surface area contributed by atoms with Crippen molar-refractivity contribution in [1.82, 2.24) is 19.7 Å². The van der Waals surface area contributed by atoms with Crippen molar-refractivity contribution in [2.75, 3.05) is 11.9 Å². The number of aryl methyl sites for hydroxylation is 3. The smallest absolute Gasteiger partial charge is 0.129 e. The number of halogens is 1. The fraction of sp³-hybridized carbons (Fsp3) is 0.435. The van der Waals surface area contributed by atoms with Crippen molar-refractivity contribution in [1.29, 1.82) is 0 Å². The van der Waals surface area contributed by atoms with E-state index in [1.54, 1.807) is 0 Å². The molecular weight excluding hydrogens is 365 g/mol. The van der Waals surface area contributed by atoms with Crippen LogP contribution in [0.5, 0.6) is 0 Å². The van der Waals surface area contributed by atoms with Crippen LogP contribution in [-0.4, -0.2) is 26.3 Å². The van der Waals surface area contributed by atoms with Gasteiger partial charge in [0.1, 0.15) is 17.5 Å². The SMILES string of the molecule is Cc1nc(NCCCc2ccc(F)cc2)cc(C(C)Cn2nc(C)c(C)c2C)n1. The lowest BCUT2D eigenvalue weighted by Crippen LogP contribution is -2.13. The van der Waals surface area contributed by atoms with Gasteiger partial charge in [-0.05, 0) is 63.8 Å². The summed E-state index contributed by atoms with van der Waals surface area (Å²) in [6.07, 6.45) is 1.85. The van der Waals surface area contributed by atoms with Crippen LogP contribution in [-0.2, 0) is 13.0 Å². The molecule has 0 saturated carbocycles. The van der Waals surface area contributed by atoms with Crippen LogP contribution in [0.1, 0.15) is 53.3 Å². The van der Waals surface area contributed by atoms with Gasteiger partial charge in [-0.2, -0.15) is 5.10 Å². The first-order valence-corrected chi connectivity index (χ1v) is 10.2. The zero-order valence-corrected chi connectivity index (χ0v) is 18.0. The average molecular weight is 396 g/mol. The molecule has 0 amide bonds. The van der Waals surface area contributed by atoms with Gasteiger partial charge >= 0.3 is 0 Å². The van der Waals surface area contributed by atoms with Gasteiger partial charge in [0.05, 0.1) is 11.4 Å². The summed E-state index contributed by atoms with van der Waals surface area (Å²) in [6, 6.07) is 8.73. The van der Waals surface area contributed by atoms with E-state index in [-0.39, 0.29) is 11.7 Å². The van der Waals surface area contributed by atoms with E-state index in [1.807, 2.05) is 32.0 Å². The standard InChI is InChI=1S/C23H30FN5/c1-15(14-29-18(4)16(2)17(3)28-29)22-13-23(27-19(5)26-22)25-12-6-7-20-8-10-21(24)11-9-20/h8-11,13,15H,6-7,12,14H2,1-5H3,(H,25,26,27). The maximum atomic E-state index is 13.0. The Hall–Kier alpha value is -2.76. The first-order valence-electron chi connectivity index (χ1n) is 10.2. The minimum absolute atomic E-state index is 0.194. The number of aromatic nitrogens is 4. The molecule has 0 aliphatic rings. The highest BCUT2D eigenvalue weighted by molar-refractivity contribution is 5.37. The van der Waals surface area contributed by atoms with E-state index in [0.717, 1.165) is 54.5 Å². The van der Waals surface area contributed by atoms with E-state index in [2.05, 4.69) is 45.8 Å². The first-order chi connectivity index (χ1) is 13.8. The number of benzene rings is 1. The minimum atomic E-state index is -0.194. The third kappa shape index (κ3) is 5.40. The van der Waals surface area contributed by atoms with E-state index in [9.17, 15) is 4.39 Å². The van der Waals surface area contributed by atoms with Crippen LogP contribution < -0.4 is 5.32 Å². The van der Waals surface area contributed by atoms with Crippen molar-refractivity contribution in [3.8, 4) is 0 Å². The molecule has 1 aromatic carbocycles. The van der Waals surface area contributed by atoms with Crippen LogP contribution in [0.3, 0.4) is 0 Å². The second-order valence-electron chi connectivity index (χ2n) is 7.76. The Morgan fingerprint density at radius 1 is 1.07 bits per heavy atom. The van der Waals surface area contributed by atoms with Gasteiger partial charge in [-0.3, -0.25) is 4.68 Å². The van der Waals surface area contributed by atoms with Crippen LogP contribution in [0.4, 0.5) is 10.2 Å². The lowest BCUT2D eigenvalue weighted by atomic mass is 10.1. The second-order valence-corrected chi connectivity index (χ2v) is 7.76. The number of nitrogens with zero attached hydrogens (tertiary/aromatic N) is 4. The van der Waals surface area contributed by atoms with Crippen LogP contribution >= 0.6 is 0 Å². The molecule has 1 N–H and O–H groups in total. The van der Waals surface area contributed by atoms with Gasteiger partial charge in [0.2, 0.25) is 0 Å². The van der Waals surface area contributed by atoms with Crippen LogP contribution in [0.2, 0.25) is 0 Å². The summed E-state index contributed by atoms with van der Waals surface area (Å²) in [4.78, 5) is 9.17. The summed E-state index contributed by atoms with van der Waals surface area (Å²) in [5.74, 6) is 1.65. The molecule has 6 heteroatoms. The second kappa shape index (κ2) is 9.16. The number of hydrogen-bond donors (Lipinski definition) is 1. The monoisotopic (exact) mass is 395 g/mol. The molecule has 0 bridgehead atoms. The molecule has 2 aromatic heterocycles. The van der Waals surface area contributed by atoms with Gasteiger partial charge in [-0.1, -0.05) is 19.1 Å². The number of rotatable bonds is 8. The van der Waals surface area contributed by atoms with E-state index in [1.165, 1.54) is 23.4 Å². The maximum absolute atomic E-state index is 13.0. The lowest BCUT2D eigenvalue weighted by Gasteiger charge is -2.15. The summed E-state index contributed by atoms with van der Waals surface area (Å²) in [5, 5.41) is 8.05. The van der Waals surface area contributed by atoms with Crippen LogP contribution in [0.15, 0.2) is 30.3 Å².